The molecule has 0 fully saturated rings. The van der Waals surface area contributed by atoms with Crippen molar-refractivity contribution in [2.45, 2.75) is 52.6 Å². The molecule has 118 valence electrons. The van der Waals surface area contributed by atoms with Gasteiger partial charge < -0.3 is 5.32 Å². The maximum absolute atomic E-state index is 12.5. The van der Waals surface area contributed by atoms with Gasteiger partial charge in [0.05, 0.1) is 10.9 Å². The second-order valence-electron chi connectivity index (χ2n) is 6.53. The lowest BCUT2D eigenvalue weighted by molar-refractivity contribution is -0.122. The third-order valence-electron chi connectivity index (χ3n) is 3.35. The Morgan fingerprint density at radius 1 is 1.27 bits per heavy atom. The van der Waals surface area contributed by atoms with Crippen LogP contribution in [0.5, 0.6) is 0 Å². The molecule has 1 amide bonds. The van der Waals surface area contributed by atoms with E-state index in [9.17, 15) is 9.59 Å². The molecule has 1 N–H and O–H groups in total. The minimum atomic E-state index is -0.228. The molecule has 0 bridgehead atoms. The van der Waals surface area contributed by atoms with Crippen LogP contribution in [0.4, 0.5) is 0 Å². The molecule has 0 unspecified atom stereocenters. The van der Waals surface area contributed by atoms with Crippen LogP contribution in [0.1, 0.15) is 39.4 Å². The molecule has 0 spiro atoms. The number of fused-ring (bicyclic) bond motifs is 1. The van der Waals surface area contributed by atoms with Crippen molar-refractivity contribution in [3.05, 3.63) is 40.4 Å². The maximum Gasteiger partial charge on any atom is 0.261 e. The lowest BCUT2D eigenvalue weighted by atomic mass is 10.1. The van der Waals surface area contributed by atoms with Gasteiger partial charge in [0.15, 0.2) is 0 Å². The number of hydrogen-bond donors (Lipinski definition) is 1. The van der Waals surface area contributed by atoms with E-state index in [1.54, 1.807) is 10.6 Å². The van der Waals surface area contributed by atoms with Crippen LogP contribution >= 0.6 is 0 Å². The fourth-order valence-electron chi connectivity index (χ4n) is 2.42. The highest BCUT2D eigenvalue weighted by Gasteiger charge is 2.14. The molecule has 0 atom stereocenters. The van der Waals surface area contributed by atoms with Crippen LogP contribution in [0.3, 0.4) is 0 Å². The van der Waals surface area contributed by atoms with Gasteiger partial charge in [-0.25, -0.2) is 4.98 Å². The minimum absolute atomic E-state index is 0.00644. The van der Waals surface area contributed by atoms with E-state index >= 15 is 0 Å². The molecule has 5 nitrogen and oxygen atoms in total. The predicted octanol–water partition coefficient (Wildman–Crippen LogP) is 2.40. The summed E-state index contributed by atoms with van der Waals surface area (Å²) in [7, 11) is 0. The third-order valence-corrected chi connectivity index (χ3v) is 3.35. The number of para-hydroxylation sites is 1. The lowest BCUT2D eigenvalue weighted by Gasteiger charge is -2.20. The summed E-state index contributed by atoms with van der Waals surface area (Å²) in [6, 6.07) is 7.33. The van der Waals surface area contributed by atoms with Crippen LogP contribution < -0.4 is 10.9 Å². The Hall–Kier alpha value is -2.17. The second kappa shape index (κ2) is 6.30. The van der Waals surface area contributed by atoms with Gasteiger partial charge in [0.25, 0.3) is 5.56 Å². The molecule has 0 aliphatic heterocycles. The number of benzene rings is 1. The van der Waals surface area contributed by atoms with Crippen LogP contribution in [0.25, 0.3) is 10.9 Å². The Balaban J connectivity index is 2.09. The predicted molar refractivity (Wildman–Crippen MR) is 87.9 cm³/mol. The number of nitrogens with one attached hydrogen (secondary N) is 1. The first kappa shape index (κ1) is 16.2. The van der Waals surface area contributed by atoms with Crippen molar-refractivity contribution in [1.29, 1.82) is 0 Å². The monoisotopic (exact) mass is 301 g/mol. The van der Waals surface area contributed by atoms with Gasteiger partial charge in [-0.3, -0.25) is 14.2 Å². The summed E-state index contributed by atoms with van der Waals surface area (Å²) in [6.45, 7) is 8.18. The summed E-state index contributed by atoms with van der Waals surface area (Å²) >= 11 is 0. The van der Waals surface area contributed by atoms with Gasteiger partial charge in [-0.05, 0) is 46.2 Å². The van der Waals surface area contributed by atoms with Gasteiger partial charge in [0.1, 0.15) is 5.82 Å². The van der Waals surface area contributed by atoms with E-state index in [1.807, 2.05) is 45.9 Å². The van der Waals surface area contributed by atoms with Gasteiger partial charge in [-0.15, -0.1) is 0 Å². The third kappa shape index (κ3) is 3.93. The number of aromatic nitrogens is 2. The second-order valence-corrected chi connectivity index (χ2v) is 6.53. The maximum atomic E-state index is 12.5. The van der Waals surface area contributed by atoms with Crippen LogP contribution in [0.2, 0.25) is 0 Å². The van der Waals surface area contributed by atoms with Crippen molar-refractivity contribution in [2.24, 2.45) is 0 Å². The molecule has 0 aliphatic carbocycles. The fraction of sp³-hybridized carbons (Fsp3) is 0.471. The van der Waals surface area contributed by atoms with E-state index < -0.39 is 0 Å². The first-order valence-corrected chi connectivity index (χ1v) is 7.55. The summed E-state index contributed by atoms with van der Waals surface area (Å²) in [5.74, 6) is 0.687. The number of carbonyl (C=O) groups is 1. The molecule has 0 saturated carbocycles. The average Bonchev–Trinajstić information content (AvgIpc) is 2.40. The van der Waals surface area contributed by atoms with Crippen molar-refractivity contribution in [3.8, 4) is 0 Å². The Morgan fingerprint density at radius 2 is 1.95 bits per heavy atom. The highest BCUT2D eigenvalue weighted by atomic mass is 16.1. The topological polar surface area (TPSA) is 64.0 Å². The van der Waals surface area contributed by atoms with Crippen LogP contribution in [0.15, 0.2) is 29.1 Å². The molecule has 1 aromatic heterocycles. The van der Waals surface area contributed by atoms with E-state index in [1.165, 1.54) is 0 Å². The zero-order chi connectivity index (χ0) is 16.3. The number of hydrogen-bond acceptors (Lipinski definition) is 3. The van der Waals surface area contributed by atoms with E-state index in [4.69, 9.17) is 0 Å². The smallest absolute Gasteiger partial charge is 0.261 e. The summed E-state index contributed by atoms with van der Waals surface area (Å²) < 4.78 is 1.65. The van der Waals surface area contributed by atoms with E-state index in [-0.39, 0.29) is 17.0 Å². The normalized spacial score (nSPS) is 11.6. The highest BCUT2D eigenvalue weighted by molar-refractivity contribution is 5.77. The number of nitrogens with zero attached hydrogens (tertiary/aromatic N) is 2. The number of amides is 1. The molecule has 2 aromatic rings. The summed E-state index contributed by atoms with van der Waals surface area (Å²) in [4.78, 5) is 28.7. The van der Waals surface area contributed by atoms with Gasteiger partial charge in [-0.2, -0.15) is 0 Å². The van der Waals surface area contributed by atoms with E-state index in [0.29, 0.717) is 36.1 Å². The average molecular weight is 301 g/mol. The van der Waals surface area contributed by atoms with Crippen molar-refractivity contribution in [3.63, 3.8) is 0 Å². The largest absolute Gasteiger partial charge is 0.352 e. The van der Waals surface area contributed by atoms with Gasteiger partial charge >= 0.3 is 0 Å². The lowest BCUT2D eigenvalue weighted by Crippen LogP contribution is -2.40. The van der Waals surface area contributed by atoms with Crippen LogP contribution in [0, 0.1) is 6.92 Å². The number of aryl methyl sites for hydroxylation is 1. The van der Waals surface area contributed by atoms with Crippen molar-refractivity contribution in [1.82, 2.24) is 14.9 Å². The van der Waals surface area contributed by atoms with Crippen LogP contribution in [-0.2, 0) is 11.3 Å². The molecule has 0 radical (unpaired) electrons. The fourth-order valence-corrected chi connectivity index (χ4v) is 2.42. The molecule has 1 aromatic carbocycles. The quantitative estimate of drug-likeness (QED) is 0.943. The molecule has 22 heavy (non-hydrogen) atoms. The van der Waals surface area contributed by atoms with E-state index in [0.717, 1.165) is 0 Å². The van der Waals surface area contributed by atoms with Gasteiger partial charge in [0, 0.05) is 18.5 Å². The SMILES string of the molecule is Cc1nc2ccccc2c(=O)n1CCCC(=O)NC(C)(C)C. The zero-order valence-electron chi connectivity index (χ0n) is 13.6. The van der Waals surface area contributed by atoms with Crippen LogP contribution in [-0.4, -0.2) is 21.0 Å². The Labute approximate surface area is 130 Å². The molecular formula is C17H23N3O2. The van der Waals surface area contributed by atoms with E-state index in [2.05, 4.69) is 10.3 Å². The number of carbonyl (C=O) groups excluding carboxylic acids is 1. The summed E-state index contributed by atoms with van der Waals surface area (Å²) in [6.07, 6.45) is 1.01. The summed E-state index contributed by atoms with van der Waals surface area (Å²) in [5.41, 5.74) is 0.444. The van der Waals surface area contributed by atoms with Gasteiger partial charge in [0.2, 0.25) is 5.91 Å². The Bertz CT molecular complexity index is 742. The first-order chi connectivity index (χ1) is 10.3. The Morgan fingerprint density at radius 3 is 2.64 bits per heavy atom. The molecule has 2 rings (SSSR count). The molecule has 0 aliphatic rings. The molecular weight excluding hydrogens is 278 g/mol. The minimum Gasteiger partial charge on any atom is -0.352 e. The Kier molecular flexibility index (Phi) is 4.64. The summed E-state index contributed by atoms with van der Waals surface area (Å²) in [5, 5.41) is 3.54. The molecule has 0 saturated heterocycles. The van der Waals surface area contributed by atoms with Crippen molar-refractivity contribution in [2.75, 3.05) is 0 Å². The number of rotatable bonds is 4. The van der Waals surface area contributed by atoms with Crippen molar-refractivity contribution < 1.29 is 4.79 Å². The first-order valence-electron chi connectivity index (χ1n) is 7.55. The highest BCUT2D eigenvalue weighted by Crippen LogP contribution is 2.08. The molecule has 1 heterocycles. The van der Waals surface area contributed by atoms with Crippen molar-refractivity contribution >= 4 is 16.8 Å². The zero-order valence-corrected chi connectivity index (χ0v) is 13.6. The molecule has 5 heteroatoms. The standard InChI is InChI=1S/C17H23N3O2/c1-12-18-14-9-6-5-8-13(14)16(22)20(12)11-7-10-15(21)19-17(2,3)4/h5-6,8-9H,7,10-11H2,1-4H3,(H,19,21). The van der Waals surface area contributed by atoms with Gasteiger partial charge in [-0.1, -0.05) is 12.1 Å².